The summed E-state index contributed by atoms with van der Waals surface area (Å²) in [5, 5.41) is 0. The Morgan fingerprint density at radius 2 is 1.67 bits per heavy atom. The monoisotopic (exact) mass is 266 g/mol. The molecule has 0 aliphatic rings. The molecule has 0 aliphatic heterocycles. The fraction of sp³-hybridized carbons (Fsp3) is 0.333. The number of aryl methyl sites for hydroxylation is 2. The van der Waals surface area contributed by atoms with Gasteiger partial charge in [-0.1, -0.05) is 44.5 Å². The maximum atomic E-state index is 13.8. The minimum Gasteiger partial charge on any atom is -0.203 e. The molecular weight excluding hydrogens is 250 g/mol. The predicted molar refractivity (Wildman–Crippen MR) is 73.0 cm³/mol. The molecule has 0 radical (unpaired) electrons. The van der Waals surface area contributed by atoms with Gasteiger partial charge >= 0.3 is 0 Å². The molecule has 0 saturated heterocycles. The molecule has 0 nitrogen and oxygen atoms in total. The van der Waals surface area contributed by atoms with E-state index in [-0.39, 0.29) is 0 Å². The molecule has 1 aromatic carbocycles. The molecule has 2 aromatic rings. The Balaban J connectivity index is 2.36. The van der Waals surface area contributed by atoms with E-state index in [1.807, 2.05) is 31.2 Å². The normalized spacial score (nSPS) is 10.9. The third kappa shape index (κ3) is 2.46. The summed E-state index contributed by atoms with van der Waals surface area (Å²) in [4.78, 5) is 0.896. The predicted octanol–water partition coefficient (Wildman–Crippen LogP) is 5.21. The standard InChI is InChI=1S/C15H16F2S/c1-3-5-10-6-8-11(9-7-10)15-14(17)13(16)12(4-2)18-15/h6-9H,3-5H2,1-2H3. The Kier molecular flexibility index (Phi) is 4.12. The van der Waals surface area contributed by atoms with Crippen LogP contribution >= 0.6 is 11.3 Å². The van der Waals surface area contributed by atoms with Crippen molar-refractivity contribution in [3.05, 3.63) is 46.3 Å². The lowest BCUT2D eigenvalue weighted by Crippen LogP contribution is -1.85. The molecule has 0 aliphatic carbocycles. The van der Waals surface area contributed by atoms with Crippen LogP contribution < -0.4 is 0 Å². The van der Waals surface area contributed by atoms with Crippen LogP contribution in [0.1, 0.15) is 30.7 Å². The van der Waals surface area contributed by atoms with Crippen molar-refractivity contribution in [1.82, 2.24) is 0 Å². The number of benzene rings is 1. The molecule has 0 amide bonds. The molecule has 0 unspecified atom stereocenters. The van der Waals surface area contributed by atoms with Gasteiger partial charge in [0, 0.05) is 4.88 Å². The number of hydrogen-bond acceptors (Lipinski definition) is 1. The van der Waals surface area contributed by atoms with Gasteiger partial charge in [0.2, 0.25) is 0 Å². The van der Waals surface area contributed by atoms with Gasteiger partial charge in [0.15, 0.2) is 11.6 Å². The Morgan fingerprint density at radius 1 is 1.00 bits per heavy atom. The Morgan fingerprint density at radius 3 is 2.17 bits per heavy atom. The summed E-state index contributed by atoms with van der Waals surface area (Å²) in [6.45, 7) is 3.96. The molecule has 96 valence electrons. The second-order valence-electron chi connectivity index (χ2n) is 4.28. The minimum atomic E-state index is -0.708. The zero-order valence-electron chi connectivity index (χ0n) is 10.6. The van der Waals surface area contributed by atoms with Gasteiger partial charge < -0.3 is 0 Å². The Hall–Kier alpha value is -1.22. The molecule has 0 N–H and O–H groups in total. The quantitative estimate of drug-likeness (QED) is 0.712. The SMILES string of the molecule is CCCc1ccc(-c2sc(CC)c(F)c2F)cc1. The second-order valence-corrected chi connectivity index (χ2v) is 5.39. The minimum absolute atomic E-state index is 0.410. The van der Waals surface area contributed by atoms with Crippen molar-refractivity contribution >= 4 is 11.3 Å². The van der Waals surface area contributed by atoms with Crippen LogP contribution in [-0.2, 0) is 12.8 Å². The van der Waals surface area contributed by atoms with Gasteiger partial charge in [-0.2, -0.15) is 0 Å². The molecule has 18 heavy (non-hydrogen) atoms. The van der Waals surface area contributed by atoms with Crippen molar-refractivity contribution in [2.75, 3.05) is 0 Å². The molecule has 2 rings (SSSR count). The van der Waals surface area contributed by atoms with E-state index >= 15 is 0 Å². The van der Waals surface area contributed by atoms with Gasteiger partial charge in [-0.15, -0.1) is 11.3 Å². The van der Waals surface area contributed by atoms with Crippen LogP contribution in [0, 0.1) is 11.6 Å². The van der Waals surface area contributed by atoms with E-state index in [0.717, 1.165) is 18.4 Å². The van der Waals surface area contributed by atoms with Crippen LogP contribution in [0.2, 0.25) is 0 Å². The summed E-state index contributed by atoms with van der Waals surface area (Å²) in [5.74, 6) is -1.39. The molecule has 3 heteroatoms. The highest BCUT2D eigenvalue weighted by Crippen LogP contribution is 2.34. The van der Waals surface area contributed by atoms with Crippen LogP contribution in [0.3, 0.4) is 0 Å². The summed E-state index contributed by atoms with van der Waals surface area (Å²) in [6, 6.07) is 7.72. The van der Waals surface area contributed by atoms with Crippen molar-refractivity contribution < 1.29 is 8.78 Å². The van der Waals surface area contributed by atoms with Crippen LogP contribution in [0.15, 0.2) is 24.3 Å². The Labute approximate surface area is 110 Å². The lowest BCUT2D eigenvalue weighted by atomic mass is 10.1. The molecule has 0 fully saturated rings. The molecule has 0 bridgehead atoms. The van der Waals surface area contributed by atoms with E-state index in [1.54, 1.807) is 0 Å². The average Bonchev–Trinajstić information content (AvgIpc) is 2.68. The van der Waals surface area contributed by atoms with Gasteiger partial charge in [0.25, 0.3) is 0 Å². The van der Waals surface area contributed by atoms with E-state index in [9.17, 15) is 8.78 Å². The zero-order chi connectivity index (χ0) is 13.1. The number of hydrogen-bond donors (Lipinski definition) is 0. The molecule has 1 aromatic heterocycles. The second kappa shape index (κ2) is 5.61. The maximum absolute atomic E-state index is 13.8. The maximum Gasteiger partial charge on any atom is 0.177 e. The average molecular weight is 266 g/mol. The van der Waals surface area contributed by atoms with Gasteiger partial charge in [-0.05, 0) is 24.0 Å². The fourth-order valence-corrected chi connectivity index (χ4v) is 2.96. The zero-order valence-corrected chi connectivity index (χ0v) is 11.4. The van der Waals surface area contributed by atoms with Crippen LogP contribution in [0.4, 0.5) is 8.78 Å². The first-order valence-electron chi connectivity index (χ1n) is 6.23. The van der Waals surface area contributed by atoms with Gasteiger partial charge in [-0.25, -0.2) is 8.78 Å². The van der Waals surface area contributed by atoms with Gasteiger partial charge in [0.05, 0.1) is 4.88 Å². The summed E-state index contributed by atoms with van der Waals surface area (Å²) >= 11 is 1.21. The van der Waals surface area contributed by atoms with E-state index in [2.05, 4.69) is 6.92 Å². The third-order valence-corrected chi connectivity index (χ3v) is 4.27. The first kappa shape index (κ1) is 13.2. The van der Waals surface area contributed by atoms with E-state index in [4.69, 9.17) is 0 Å². The molecule has 0 spiro atoms. The van der Waals surface area contributed by atoms with Gasteiger partial charge in [-0.3, -0.25) is 0 Å². The topological polar surface area (TPSA) is 0 Å². The molecule has 0 saturated carbocycles. The van der Waals surface area contributed by atoms with Crippen LogP contribution in [-0.4, -0.2) is 0 Å². The van der Waals surface area contributed by atoms with Crippen molar-refractivity contribution in [3.63, 3.8) is 0 Å². The number of rotatable bonds is 4. The van der Waals surface area contributed by atoms with Crippen molar-refractivity contribution in [3.8, 4) is 10.4 Å². The smallest absolute Gasteiger partial charge is 0.177 e. The largest absolute Gasteiger partial charge is 0.203 e. The van der Waals surface area contributed by atoms with E-state index in [1.165, 1.54) is 16.9 Å². The summed E-state index contributed by atoms with van der Waals surface area (Å²) in [5.41, 5.74) is 1.99. The number of thiophene rings is 1. The van der Waals surface area contributed by atoms with Crippen LogP contribution in [0.25, 0.3) is 10.4 Å². The third-order valence-electron chi connectivity index (χ3n) is 2.94. The van der Waals surface area contributed by atoms with Crippen molar-refractivity contribution in [1.29, 1.82) is 0 Å². The fourth-order valence-electron chi connectivity index (χ4n) is 1.96. The summed E-state index contributed by atoms with van der Waals surface area (Å²) < 4.78 is 27.3. The van der Waals surface area contributed by atoms with Crippen LogP contribution in [0.5, 0.6) is 0 Å². The molecular formula is C15H16F2S. The molecule has 1 heterocycles. The van der Waals surface area contributed by atoms with Crippen molar-refractivity contribution in [2.24, 2.45) is 0 Å². The highest BCUT2D eigenvalue weighted by molar-refractivity contribution is 7.15. The highest BCUT2D eigenvalue weighted by Gasteiger charge is 2.18. The molecule has 0 atom stereocenters. The Bertz CT molecular complexity index is 526. The van der Waals surface area contributed by atoms with Crippen molar-refractivity contribution in [2.45, 2.75) is 33.1 Å². The summed E-state index contributed by atoms with van der Waals surface area (Å²) in [6.07, 6.45) is 2.63. The lowest BCUT2D eigenvalue weighted by Gasteiger charge is -2.01. The van der Waals surface area contributed by atoms with E-state index < -0.39 is 11.6 Å². The van der Waals surface area contributed by atoms with Gasteiger partial charge in [0.1, 0.15) is 0 Å². The number of halogens is 2. The lowest BCUT2D eigenvalue weighted by molar-refractivity contribution is 0.511. The van der Waals surface area contributed by atoms with E-state index in [0.29, 0.717) is 16.2 Å². The highest BCUT2D eigenvalue weighted by atomic mass is 32.1. The first-order valence-corrected chi connectivity index (χ1v) is 7.05. The summed E-state index contributed by atoms with van der Waals surface area (Å²) in [7, 11) is 0. The first-order chi connectivity index (χ1) is 8.67.